The van der Waals surface area contributed by atoms with Crippen molar-refractivity contribution >= 4 is 17.4 Å². The lowest BCUT2D eigenvalue weighted by molar-refractivity contribution is -0.114. The van der Waals surface area contributed by atoms with Crippen molar-refractivity contribution in [3.05, 3.63) is 10.6 Å². The molecule has 0 N–H and O–H groups in total. The topological polar surface area (TPSA) is 17.1 Å². The van der Waals surface area contributed by atoms with Gasteiger partial charge in [0.1, 0.15) is 0 Å². The molecule has 0 spiro atoms. The second-order valence-electron chi connectivity index (χ2n) is 2.29. The van der Waals surface area contributed by atoms with E-state index in [0.717, 1.165) is 18.4 Å². The summed E-state index contributed by atoms with van der Waals surface area (Å²) in [6.45, 7) is 1.78. The summed E-state index contributed by atoms with van der Waals surface area (Å²) < 4.78 is 0. The summed E-state index contributed by atoms with van der Waals surface area (Å²) in [4.78, 5) is 10.9. The first-order valence-corrected chi connectivity index (χ1v) is 3.48. The van der Waals surface area contributed by atoms with Gasteiger partial charge in [0.2, 0.25) is 0 Å². The van der Waals surface area contributed by atoms with E-state index in [2.05, 4.69) is 0 Å². The maximum Gasteiger partial charge on any atom is 0.160 e. The highest BCUT2D eigenvalue weighted by atomic mass is 35.5. The first-order chi connectivity index (χ1) is 4.22. The third-order valence-corrected chi connectivity index (χ3v) is 1.81. The molecule has 0 atom stereocenters. The van der Waals surface area contributed by atoms with E-state index in [9.17, 15) is 4.79 Å². The van der Waals surface area contributed by atoms with Crippen LogP contribution in [0.1, 0.15) is 26.2 Å². The lowest BCUT2D eigenvalue weighted by atomic mass is 10.2. The normalized spacial score (nSPS) is 24.9. The summed E-state index contributed by atoms with van der Waals surface area (Å²) in [6.07, 6.45) is 2.56. The van der Waals surface area contributed by atoms with E-state index >= 15 is 0 Å². The number of hydrogen-bond donors (Lipinski definition) is 0. The van der Waals surface area contributed by atoms with Crippen LogP contribution in [0.25, 0.3) is 0 Å². The molecule has 0 aromatic carbocycles. The fraction of sp³-hybridized carbons (Fsp3) is 0.571. The number of carbonyl (C=O) groups is 1. The zero-order valence-electron chi connectivity index (χ0n) is 5.41. The van der Waals surface area contributed by atoms with Gasteiger partial charge in [0.15, 0.2) is 5.78 Å². The van der Waals surface area contributed by atoms with E-state index < -0.39 is 0 Å². The summed E-state index contributed by atoms with van der Waals surface area (Å²) in [6, 6.07) is 0. The highest BCUT2D eigenvalue weighted by molar-refractivity contribution is 6.31. The summed E-state index contributed by atoms with van der Waals surface area (Å²) >= 11 is 5.64. The van der Waals surface area contributed by atoms with Crippen LogP contribution in [-0.2, 0) is 4.79 Å². The van der Waals surface area contributed by atoms with Gasteiger partial charge >= 0.3 is 0 Å². The minimum atomic E-state index is 0.238. The monoisotopic (exact) mass is 144 g/mol. The van der Waals surface area contributed by atoms with Crippen molar-refractivity contribution < 1.29 is 4.79 Å². The molecule has 0 bridgehead atoms. The van der Waals surface area contributed by atoms with Crippen molar-refractivity contribution in [2.75, 3.05) is 0 Å². The van der Waals surface area contributed by atoms with Gasteiger partial charge in [-0.15, -0.1) is 0 Å². The zero-order chi connectivity index (χ0) is 6.85. The maximum atomic E-state index is 10.9. The van der Waals surface area contributed by atoms with Gasteiger partial charge in [0.25, 0.3) is 0 Å². The van der Waals surface area contributed by atoms with Gasteiger partial charge in [0.05, 0.1) is 0 Å². The average Bonchev–Trinajstić information content (AvgIpc) is 2.13. The SMILES string of the molecule is C/C(Cl)=C1\CCCC1=O. The van der Waals surface area contributed by atoms with Crippen LogP contribution in [-0.4, -0.2) is 5.78 Å². The number of hydrogen-bond acceptors (Lipinski definition) is 1. The molecular weight excluding hydrogens is 136 g/mol. The Balaban J connectivity index is 2.83. The van der Waals surface area contributed by atoms with Gasteiger partial charge in [-0.3, -0.25) is 4.79 Å². The largest absolute Gasteiger partial charge is 0.295 e. The molecular formula is C7H9ClO. The van der Waals surface area contributed by atoms with Gasteiger partial charge < -0.3 is 0 Å². The molecule has 1 saturated carbocycles. The Bertz CT molecular complexity index is 166. The summed E-state index contributed by atoms with van der Waals surface area (Å²) in [5.41, 5.74) is 0.844. The Morgan fingerprint density at radius 3 is 2.44 bits per heavy atom. The number of ketones is 1. The second-order valence-corrected chi connectivity index (χ2v) is 2.86. The van der Waals surface area contributed by atoms with E-state index in [1.165, 1.54) is 0 Å². The lowest BCUT2D eigenvalue weighted by Gasteiger charge is -1.92. The van der Waals surface area contributed by atoms with Crippen molar-refractivity contribution in [1.82, 2.24) is 0 Å². The molecule has 2 heteroatoms. The first kappa shape index (κ1) is 6.81. The molecule has 1 rings (SSSR count). The molecule has 0 saturated heterocycles. The Morgan fingerprint density at radius 1 is 1.56 bits per heavy atom. The zero-order valence-corrected chi connectivity index (χ0v) is 6.16. The van der Waals surface area contributed by atoms with Crippen LogP contribution in [0.15, 0.2) is 10.6 Å². The molecule has 0 amide bonds. The van der Waals surface area contributed by atoms with Gasteiger partial charge in [0, 0.05) is 17.0 Å². The second kappa shape index (κ2) is 2.53. The molecule has 1 aliphatic carbocycles. The van der Waals surface area contributed by atoms with Crippen LogP contribution >= 0.6 is 11.6 Å². The van der Waals surface area contributed by atoms with Gasteiger partial charge in [-0.25, -0.2) is 0 Å². The molecule has 9 heavy (non-hydrogen) atoms. The predicted molar refractivity (Wildman–Crippen MR) is 37.4 cm³/mol. The first-order valence-electron chi connectivity index (χ1n) is 3.10. The molecule has 0 aromatic rings. The quantitative estimate of drug-likeness (QED) is 0.477. The van der Waals surface area contributed by atoms with Crippen molar-refractivity contribution in [2.45, 2.75) is 26.2 Å². The molecule has 0 aliphatic heterocycles. The average molecular weight is 145 g/mol. The molecule has 0 aromatic heterocycles. The molecule has 50 valence electrons. The highest BCUT2D eigenvalue weighted by Crippen LogP contribution is 2.24. The van der Waals surface area contributed by atoms with Gasteiger partial charge in [-0.2, -0.15) is 0 Å². The third-order valence-electron chi connectivity index (χ3n) is 1.58. The Hall–Kier alpha value is -0.300. The van der Waals surface area contributed by atoms with E-state index in [1.807, 2.05) is 0 Å². The van der Waals surface area contributed by atoms with Gasteiger partial charge in [-0.05, 0) is 19.8 Å². The molecule has 0 heterocycles. The Labute approximate surface area is 59.7 Å². The number of halogens is 1. The minimum Gasteiger partial charge on any atom is -0.295 e. The van der Waals surface area contributed by atoms with Crippen LogP contribution in [0, 0.1) is 0 Å². The van der Waals surface area contributed by atoms with Crippen LogP contribution in [0.3, 0.4) is 0 Å². The number of allylic oxidation sites excluding steroid dienone is 2. The van der Waals surface area contributed by atoms with Crippen LogP contribution in [0.2, 0.25) is 0 Å². The van der Waals surface area contributed by atoms with Crippen molar-refractivity contribution in [3.8, 4) is 0 Å². The smallest absolute Gasteiger partial charge is 0.160 e. The molecule has 1 aliphatic rings. The molecule has 1 fully saturated rings. The fourth-order valence-electron chi connectivity index (χ4n) is 1.08. The fourth-order valence-corrected chi connectivity index (χ4v) is 1.28. The van der Waals surface area contributed by atoms with Crippen LogP contribution < -0.4 is 0 Å². The third kappa shape index (κ3) is 1.33. The van der Waals surface area contributed by atoms with E-state index in [4.69, 9.17) is 11.6 Å². The number of rotatable bonds is 0. The minimum absolute atomic E-state index is 0.238. The van der Waals surface area contributed by atoms with Crippen molar-refractivity contribution in [2.24, 2.45) is 0 Å². The number of carbonyl (C=O) groups excluding carboxylic acids is 1. The highest BCUT2D eigenvalue weighted by Gasteiger charge is 2.18. The van der Waals surface area contributed by atoms with E-state index in [1.54, 1.807) is 6.92 Å². The Morgan fingerprint density at radius 2 is 2.22 bits per heavy atom. The van der Waals surface area contributed by atoms with Crippen molar-refractivity contribution in [3.63, 3.8) is 0 Å². The van der Waals surface area contributed by atoms with E-state index in [0.29, 0.717) is 11.5 Å². The lowest BCUT2D eigenvalue weighted by Crippen LogP contribution is -1.91. The number of Topliss-reactive ketones (excluding diaryl/α,β-unsaturated/α-hetero) is 1. The molecule has 0 unspecified atom stereocenters. The molecule has 0 radical (unpaired) electrons. The standard InChI is InChI=1S/C7H9ClO/c1-5(8)6-3-2-4-7(6)9/h2-4H2,1H3/b6-5-. The van der Waals surface area contributed by atoms with Gasteiger partial charge in [-0.1, -0.05) is 11.6 Å². The Kier molecular flexibility index (Phi) is 1.91. The summed E-state index contributed by atoms with van der Waals surface area (Å²) in [5.74, 6) is 0.238. The molecule has 1 nitrogen and oxygen atoms in total. The summed E-state index contributed by atoms with van der Waals surface area (Å²) in [5, 5.41) is 0.678. The predicted octanol–water partition coefficient (Wildman–Crippen LogP) is 2.25. The summed E-state index contributed by atoms with van der Waals surface area (Å²) in [7, 11) is 0. The van der Waals surface area contributed by atoms with Crippen LogP contribution in [0.5, 0.6) is 0 Å². The maximum absolute atomic E-state index is 10.9. The van der Waals surface area contributed by atoms with Crippen molar-refractivity contribution in [1.29, 1.82) is 0 Å². The van der Waals surface area contributed by atoms with Crippen LogP contribution in [0.4, 0.5) is 0 Å². The van der Waals surface area contributed by atoms with E-state index in [-0.39, 0.29) is 5.78 Å².